The van der Waals surface area contributed by atoms with E-state index in [0.717, 1.165) is 0 Å². The van der Waals surface area contributed by atoms with Crippen LogP contribution in [0.25, 0.3) is 0 Å². The van der Waals surface area contributed by atoms with E-state index in [9.17, 15) is 4.79 Å². The van der Waals surface area contributed by atoms with Crippen molar-refractivity contribution in [3.8, 4) is 0 Å². The molecule has 0 aliphatic heterocycles. The average Bonchev–Trinajstić information content (AvgIpc) is 2.00. The molecule has 0 aromatic heterocycles. The first-order chi connectivity index (χ1) is 5.66. The van der Waals surface area contributed by atoms with Crippen LogP contribution in [0.15, 0.2) is 24.9 Å². The predicted octanol–water partition coefficient (Wildman–Crippen LogP) is 1.64. The molecule has 2 N–H and O–H groups in total. The van der Waals surface area contributed by atoms with Gasteiger partial charge in [-0.15, -0.1) is 6.58 Å². The highest BCUT2D eigenvalue weighted by Gasteiger charge is 1.91. The van der Waals surface area contributed by atoms with Gasteiger partial charge < -0.3 is 10.6 Å². The highest BCUT2D eigenvalue weighted by atomic mass is 16.2. The Morgan fingerprint density at radius 2 is 2.25 bits per heavy atom. The summed E-state index contributed by atoms with van der Waals surface area (Å²) in [5.41, 5.74) is 0. The molecule has 68 valence electrons. The van der Waals surface area contributed by atoms with E-state index in [1.165, 1.54) is 0 Å². The third-order valence-electron chi connectivity index (χ3n) is 1.10. The third-order valence-corrected chi connectivity index (χ3v) is 1.10. The van der Waals surface area contributed by atoms with E-state index in [1.807, 2.05) is 19.9 Å². The van der Waals surface area contributed by atoms with Gasteiger partial charge in [0.05, 0.1) is 0 Å². The Morgan fingerprint density at radius 1 is 1.58 bits per heavy atom. The first kappa shape index (κ1) is 10.8. The first-order valence-corrected chi connectivity index (χ1v) is 3.98. The van der Waals surface area contributed by atoms with E-state index >= 15 is 0 Å². The minimum Gasteiger partial charge on any atom is -0.334 e. The summed E-state index contributed by atoms with van der Waals surface area (Å²) in [7, 11) is 0. The average molecular weight is 168 g/mol. The number of nitrogens with one attached hydrogen (secondary N) is 2. The normalized spacial score (nSPS) is 10.2. The summed E-state index contributed by atoms with van der Waals surface area (Å²) >= 11 is 0. The lowest BCUT2D eigenvalue weighted by molar-refractivity contribution is 0.245. The Hall–Kier alpha value is -1.25. The lowest BCUT2D eigenvalue weighted by Gasteiger charge is -2.00. The van der Waals surface area contributed by atoms with Gasteiger partial charge in [0.2, 0.25) is 0 Å². The molecule has 0 aromatic carbocycles. The minimum atomic E-state index is -0.202. The molecule has 0 aliphatic rings. The van der Waals surface area contributed by atoms with Crippen molar-refractivity contribution in [2.24, 2.45) is 5.92 Å². The summed E-state index contributed by atoms with van der Waals surface area (Å²) in [5, 5.41) is 5.16. The van der Waals surface area contributed by atoms with Crippen LogP contribution in [0.3, 0.4) is 0 Å². The van der Waals surface area contributed by atoms with Gasteiger partial charge in [-0.05, 0) is 5.92 Å². The fourth-order valence-corrected chi connectivity index (χ4v) is 0.532. The predicted molar refractivity (Wildman–Crippen MR) is 50.7 cm³/mol. The van der Waals surface area contributed by atoms with E-state index in [0.29, 0.717) is 12.5 Å². The number of urea groups is 1. The molecule has 0 aromatic rings. The summed E-state index contributed by atoms with van der Waals surface area (Å²) in [5.74, 6) is 0.449. The molecule has 0 saturated carbocycles. The number of hydrogen-bond acceptors (Lipinski definition) is 1. The van der Waals surface area contributed by atoms with Gasteiger partial charge in [0, 0.05) is 12.7 Å². The molecule has 2 amide bonds. The van der Waals surface area contributed by atoms with Crippen LogP contribution in [-0.4, -0.2) is 12.6 Å². The fraction of sp³-hybridized carbons (Fsp3) is 0.444. The zero-order valence-electron chi connectivity index (χ0n) is 7.63. The maximum Gasteiger partial charge on any atom is 0.318 e. The number of amides is 2. The molecule has 0 bridgehead atoms. The summed E-state index contributed by atoms with van der Waals surface area (Å²) < 4.78 is 0. The van der Waals surface area contributed by atoms with Crippen molar-refractivity contribution in [1.82, 2.24) is 10.6 Å². The van der Waals surface area contributed by atoms with Gasteiger partial charge in [-0.25, -0.2) is 4.79 Å². The SMILES string of the molecule is C=CCNC(=O)N/C=C/C(C)C. The van der Waals surface area contributed by atoms with Gasteiger partial charge in [-0.1, -0.05) is 26.0 Å². The molecule has 3 heteroatoms. The number of allylic oxidation sites excluding steroid dienone is 1. The summed E-state index contributed by atoms with van der Waals surface area (Å²) in [6.07, 6.45) is 5.18. The highest BCUT2D eigenvalue weighted by Crippen LogP contribution is 1.90. The maximum atomic E-state index is 10.9. The fourth-order valence-electron chi connectivity index (χ4n) is 0.532. The lowest BCUT2D eigenvalue weighted by Crippen LogP contribution is -2.32. The first-order valence-electron chi connectivity index (χ1n) is 3.98. The minimum absolute atomic E-state index is 0.202. The molecule has 0 saturated heterocycles. The molecule has 0 fully saturated rings. The van der Waals surface area contributed by atoms with Gasteiger partial charge >= 0.3 is 6.03 Å². The van der Waals surface area contributed by atoms with Crippen molar-refractivity contribution in [2.75, 3.05) is 6.54 Å². The van der Waals surface area contributed by atoms with Crippen LogP contribution in [0.5, 0.6) is 0 Å². The summed E-state index contributed by atoms with van der Waals surface area (Å²) in [6, 6.07) is -0.202. The van der Waals surface area contributed by atoms with Crippen LogP contribution in [-0.2, 0) is 0 Å². The number of carbonyl (C=O) groups excluding carboxylic acids is 1. The van der Waals surface area contributed by atoms with Crippen LogP contribution in [0, 0.1) is 5.92 Å². The standard InChI is InChI=1S/C9H16N2O/c1-4-6-10-9(12)11-7-5-8(2)3/h4-5,7-8H,1,6H2,2-3H3,(H2,10,11,12)/b7-5+. The summed E-state index contributed by atoms with van der Waals surface area (Å²) in [4.78, 5) is 10.9. The van der Waals surface area contributed by atoms with Gasteiger partial charge in [0.15, 0.2) is 0 Å². The van der Waals surface area contributed by atoms with Crippen molar-refractivity contribution in [3.05, 3.63) is 24.9 Å². The third kappa shape index (κ3) is 6.86. The van der Waals surface area contributed by atoms with E-state index < -0.39 is 0 Å². The molecule has 3 nitrogen and oxygen atoms in total. The second-order valence-electron chi connectivity index (χ2n) is 2.75. The Labute approximate surface area is 73.5 Å². The maximum absolute atomic E-state index is 10.9. The summed E-state index contributed by atoms with van der Waals surface area (Å²) in [6.45, 7) is 8.05. The lowest BCUT2D eigenvalue weighted by atomic mass is 10.2. The molecule has 0 aliphatic carbocycles. The van der Waals surface area contributed by atoms with Crippen LogP contribution < -0.4 is 10.6 Å². The second-order valence-corrected chi connectivity index (χ2v) is 2.75. The Kier molecular flexibility index (Phi) is 5.79. The van der Waals surface area contributed by atoms with Gasteiger partial charge in [-0.3, -0.25) is 0 Å². The topological polar surface area (TPSA) is 41.1 Å². The van der Waals surface area contributed by atoms with Crippen LogP contribution in [0.2, 0.25) is 0 Å². The van der Waals surface area contributed by atoms with Crippen molar-refractivity contribution in [1.29, 1.82) is 0 Å². The molecule has 0 rings (SSSR count). The van der Waals surface area contributed by atoms with Gasteiger partial charge in [0.25, 0.3) is 0 Å². The molecule has 0 atom stereocenters. The van der Waals surface area contributed by atoms with E-state index in [-0.39, 0.29) is 6.03 Å². The Bertz CT molecular complexity index is 173. The molecule has 0 heterocycles. The molecule has 0 radical (unpaired) electrons. The van der Waals surface area contributed by atoms with Gasteiger partial charge in [-0.2, -0.15) is 0 Å². The zero-order chi connectivity index (χ0) is 9.40. The second kappa shape index (κ2) is 6.46. The number of hydrogen-bond donors (Lipinski definition) is 2. The zero-order valence-corrected chi connectivity index (χ0v) is 7.63. The van der Waals surface area contributed by atoms with Crippen molar-refractivity contribution < 1.29 is 4.79 Å². The van der Waals surface area contributed by atoms with Crippen LogP contribution in [0.4, 0.5) is 4.79 Å². The number of rotatable bonds is 4. The smallest absolute Gasteiger partial charge is 0.318 e. The van der Waals surface area contributed by atoms with Crippen LogP contribution >= 0.6 is 0 Å². The Balaban J connectivity index is 3.49. The van der Waals surface area contributed by atoms with Crippen LogP contribution in [0.1, 0.15) is 13.8 Å². The largest absolute Gasteiger partial charge is 0.334 e. The molecule has 12 heavy (non-hydrogen) atoms. The molecular weight excluding hydrogens is 152 g/mol. The number of carbonyl (C=O) groups is 1. The highest BCUT2D eigenvalue weighted by molar-refractivity contribution is 5.74. The van der Waals surface area contributed by atoms with E-state index in [1.54, 1.807) is 12.3 Å². The van der Waals surface area contributed by atoms with E-state index in [2.05, 4.69) is 17.2 Å². The molecule has 0 unspecified atom stereocenters. The monoisotopic (exact) mass is 168 g/mol. The quantitative estimate of drug-likeness (QED) is 0.616. The van der Waals surface area contributed by atoms with Gasteiger partial charge in [0.1, 0.15) is 0 Å². The Morgan fingerprint density at radius 3 is 2.75 bits per heavy atom. The van der Waals surface area contributed by atoms with E-state index in [4.69, 9.17) is 0 Å². The molecular formula is C9H16N2O. The van der Waals surface area contributed by atoms with Crippen molar-refractivity contribution in [2.45, 2.75) is 13.8 Å². The van der Waals surface area contributed by atoms with Crippen molar-refractivity contribution >= 4 is 6.03 Å². The molecule has 0 spiro atoms. The van der Waals surface area contributed by atoms with Crippen molar-refractivity contribution in [3.63, 3.8) is 0 Å².